The van der Waals surface area contributed by atoms with E-state index in [2.05, 4.69) is 169 Å². The van der Waals surface area contributed by atoms with Gasteiger partial charge in [-0.3, -0.25) is 4.98 Å². The van der Waals surface area contributed by atoms with Gasteiger partial charge in [0, 0.05) is 39.2 Å². The zero-order valence-electron chi connectivity index (χ0n) is 32.4. The maximum Gasteiger partial charge on any atom is 0.164 e. The molecule has 8 aromatic carbocycles. The summed E-state index contributed by atoms with van der Waals surface area (Å²) in [5.74, 6) is 1.90. The molecule has 280 valence electrons. The highest BCUT2D eigenvalue weighted by Crippen LogP contribution is 2.37. The summed E-state index contributed by atoms with van der Waals surface area (Å²) in [7, 11) is 0. The fraction of sp³-hybridized carbons (Fsp3) is 0. The molecule has 5 heteroatoms. The molecule has 0 radical (unpaired) electrons. The van der Waals surface area contributed by atoms with Gasteiger partial charge in [-0.25, -0.2) is 19.9 Å². The number of nitrogens with zero attached hydrogens (tertiary/aromatic N) is 5. The Morgan fingerprint density at radius 1 is 0.267 bits per heavy atom. The van der Waals surface area contributed by atoms with E-state index in [1.807, 2.05) is 48.7 Å². The molecule has 0 aliphatic heterocycles. The van der Waals surface area contributed by atoms with E-state index in [1.165, 1.54) is 0 Å². The lowest BCUT2D eigenvalue weighted by molar-refractivity contribution is 1.08. The third kappa shape index (κ3) is 6.54. The second-order valence-electron chi connectivity index (χ2n) is 14.9. The summed E-state index contributed by atoms with van der Waals surface area (Å²) in [6.07, 6.45) is 1.83. The summed E-state index contributed by atoms with van der Waals surface area (Å²) in [6.45, 7) is 0. The van der Waals surface area contributed by atoms with Gasteiger partial charge < -0.3 is 0 Å². The van der Waals surface area contributed by atoms with Gasteiger partial charge in [-0.1, -0.05) is 182 Å². The number of rotatable bonds is 7. The van der Waals surface area contributed by atoms with Crippen LogP contribution in [-0.4, -0.2) is 24.9 Å². The Morgan fingerprint density at radius 3 is 1.52 bits per heavy atom. The highest BCUT2D eigenvalue weighted by atomic mass is 15.0. The minimum atomic E-state index is 0.632. The molecular weight excluding hydrogens is 731 g/mol. The molecular formula is C55H35N5. The second kappa shape index (κ2) is 15.0. The Labute approximate surface area is 347 Å². The van der Waals surface area contributed by atoms with Gasteiger partial charge in [-0.2, -0.15) is 0 Å². The third-order valence-corrected chi connectivity index (χ3v) is 11.2. The summed E-state index contributed by atoms with van der Waals surface area (Å²) in [5.41, 5.74) is 13.5. The van der Waals surface area contributed by atoms with Crippen LogP contribution in [0.25, 0.3) is 111 Å². The molecule has 3 heterocycles. The number of aromatic nitrogens is 5. The molecule has 0 unspecified atom stereocenters. The minimum Gasteiger partial charge on any atom is -0.254 e. The van der Waals surface area contributed by atoms with E-state index in [4.69, 9.17) is 19.9 Å². The first-order chi connectivity index (χ1) is 29.7. The highest BCUT2D eigenvalue weighted by Gasteiger charge is 2.17. The van der Waals surface area contributed by atoms with Crippen molar-refractivity contribution in [3.63, 3.8) is 0 Å². The van der Waals surface area contributed by atoms with Crippen molar-refractivity contribution in [2.45, 2.75) is 0 Å². The second-order valence-corrected chi connectivity index (χ2v) is 14.9. The normalized spacial score (nSPS) is 11.3. The van der Waals surface area contributed by atoms with Crippen molar-refractivity contribution in [1.82, 2.24) is 24.9 Å². The largest absolute Gasteiger partial charge is 0.254 e. The van der Waals surface area contributed by atoms with Crippen LogP contribution in [-0.2, 0) is 0 Å². The summed E-state index contributed by atoms with van der Waals surface area (Å²) in [4.78, 5) is 25.0. The molecule has 0 N–H and O–H groups in total. The summed E-state index contributed by atoms with van der Waals surface area (Å²) in [5, 5.41) is 4.39. The van der Waals surface area contributed by atoms with E-state index in [9.17, 15) is 0 Å². The Kier molecular flexibility index (Phi) is 8.75. The third-order valence-electron chi connectivity index (χ3n) is 11.2. The molecule has 11 rings (SSSR count). The molecule has 0 amide bonds. The number of benzene rings is 8. The number of hydrogen-bond donors (Lipinski definition) is 0. The monoisotopic (exact) mass is 765 g/mol. The molecule has 0 bridgehead atoms. The smallest absolute Gasteiger partial charge is 0.164 e. The van der Waals surface area contributed by atoms with Crippen molar-refractivity contribution in [2.24, 2.45) is 0 Å². The Hall–Kier alpha value is -8.15. The molecule has 0 saturated heterocycles. The molecule has 0 atom stereocenters. The average molecular weight is 766 g/mol. The fourth-order valence-corrected chi connectivity index (χ4v) is 8.12. The van der Waals surface area contributed by atoms with Crippen LogP contribution >= 0.6 is 0 Å². The lowest BCUT2D eigenvalue weighted by atomic mass is 9.93. The molecule has 0 spiro atoms. The quantitative estimate of drug-likeness (QED) is 0.151. The van der Waals surface area contributed by atoms with E-state index in [-0.39, 0.29) is 0 Å². The van der Waals surface area contributed by atoms with Gasteiger partial charge in [0.2, 0.25) is 0 Å². The molecule has 11 aromatic rings. The van der Waals surface area contributed by atoms with E-state index < -0.39 is 0 Å². The van der Waals surface area contributed by atoms with Gasteiger partial charge in [0.1, 0.15) is 0 Å². The predicted molar refractivity (Wildman–Crippen MR) is 246 cm³/mol. The molecule has 0 aliphatic carbocycles. The summed E-state index contributed by atoms with van der Waals surface area (Å²) < 4.78 is 0. The van der Waals surface area contributed by atoms with Crippen LogP contribution in [0.5, 0.6) is 0 Å². The molecule has 60 heavy (non-hydrogen) atoms. The van der Waals surface area contributed by atoms with Gasteiger partial charge in [0.15, 0.2) is 17.5 Å². The van der Waals surface area contributed by atoms with Crippen molar-refractivity contribution < 1.29 is 0 Å². The Bertz CT molecular complexity index is 3350. The maximum atomic E-state index is 5.15. The number of pyridine rings is 2. The van der Waals surface area contributed by atoms with Gasteiger partial charge in [-0.15, -0.1) is 0 Å². The first-order valence-electron chi connectivity index (χ1n) is 20.1. The van der Waals surface area contributed by atoms with Gasteiger partial charge in [0.25, 0.3) is 0 Å². The molecule has 0 aliphatic rings. The van der Waals surface area contributed by atoms with Gasteiger partial charge >= 0.3 is 0 Å². The van der Waals surface area contributed by atoms with Crippen molar-refractivity contribution in [1.29, 1.82) is 0 Å². The van der Waals surface area contributed by atoms with Gasteiger partial charge in [-0.05, 0) is 68.4 Å². The predicted octanol–water partition coefficient (Wildman–Crippen LogP) is 13.8. The summed E-state index contributed by atoms with van der Waals surface area (Å²) in [6, 6.07) is 71.8. The SMILES string of the molecule is c1ccc(-c2cccc(-c3nc(-c4ccccc4)nc(-c4ccc(-c5ccc(-c6ccc(-c7ccc8ccc9cccnc9c8n7)cc6)cc5)c5ccccc45)n3)c2)cc1. The van der Waals surface area contributed by atoms with Crippen LogP contribution in [0.3, 0.4) is 0 Å². The van der Waals surface area contributed by atoms with E-state index in [0.29, 0.717) is 17.5 Å². The van der Waals surface area contributed by atoms with Crippen molar-refractivity contribution in [3.05, 3.63) is 212 Å². The van der Waals surface area contributed by atoms with Crippen LogP contribution in [0, 0.1) is 0 Å². The lowest BCUT2D eigenvalue weighted by Crippen LogP contribution is -2.01. The standard InChI is InChI=1S/C55H35N5/c1-3-11-36(12-4-1)44-15-9-16-45(35-44)54-58-53(43-13-5-2-6-14-43)59-55(60-54)49-32-31-46(47-18-7-8-19-48(47)49)39-24-20-37(21-25-39)38-22-26-40(27-23-38)50-33-30-42-29-28-41-17-10-34-56-51(41)52(42)57-50/h1-35H. The van der Waals surface area contributed by atoms with Crippen LogP contribution < -0.4 is 0 Å². The first-order valence-corrected chi connectivity index (χ1v) is 20.1. The number of hydrogen-bond acceptors (Lipinski definition) is 5. The number of fused-ring (bicyclic) bond motifs is 4. The summed E-state index contributed by atoms with van der Waals surface area (Å²) >= 11 is 0. The Balaban J connectivity index is 0.929. The maximum absolute atomic E-state index is 5.15. The van der Waals surface area contributed by atoms with Crippen LogP contribution in [0.15, 0.2) is 212 Å². The van der Waals surface area contributed by atoms with Crippen molar-refractivity contribution >= 4 is 32.6 Å². The van der Waals surface area contributed by atoms with E-state index >= 15 is 0 Å². The average Bonchev–Trinajstić information content (AvgIpc) is 3.34. The van der Waals surface area contributed by atoms with Crippen molar-refractivity contribution in [2.75, 3.05) is 0 Å². The highest BCUT2D eigenvalue weighted by molar-refractivity contribution is 6.05. The molecule has 3 aromatic heterocycles. The lowest BCUT2D eigenvalue weighted by Gasteiger charge is -2.14. The minimum absolute atomic E-state index is 0.632. The van der Waals surface area contributed by atoms with Crippen molar-refractivity contribution in [3.8, 4) is 78.8 Å². The van der Waals surface area contributed by atoms with Crippen LogP contribution in [0.2, 0.25) is 0 Å². The van der Waals surface area contributed by atoms with Crippen LogP contribution in [0.4, 0.5) is 0 Å². The van der Waals surface area contributed by atoms with Gasteiger partial charge in [0.05, 0.1) is 16.7 Å². The topological polar surface area (TPSA) is 64.5 Å². The first kappa shape index (κ1) is 35.0. The zero-order chi connectivity index (χ0) is 39.8. The molecule has 0 saturated carbocycles. The molecule has 0 fully saturated rings. The fourth-order valence-electron chi connectivity index (χ4n) is 8.12. The zero-order valence-corrected chi connectivity index (χ0v) is 32.4. The van der Waals surface area contributed by atoms with Crippen LogP contribution in [0.1, 0.15) is 0 Å². The molecule has 5 nitrogen and oxygen atoms in total. The van der Waals surface area contributed by atoms with E-state index in [0.717, 1.165) is 93.9 Å². The van der Waals surface area contributed by atoms with E-state index in [1.54, 1.807) is 0 Å². The Morgan fingerprint density at radius 2 is 0.783 bits per heavy atom.